The zero-order valence-electron chi connectivity index (χ0n) is 23.9. The number of amides is 3. The summed E-state index contributed by atoms with van der Waals surface area (Å²) in [7, 11) is 1.97. The zero-order valence-corrected chi connectivity index (χ0v) is 23.9. The van der Waals surface area contributed by atoms with Crippen molar-refractivity contribution in [2.24, 2.45) is 0 Å². The smallest absolute Gasteiger partial charge is 0.380 e. The number of nitrogens with zero attached hydrogens (tertiary/aromatic N) is 4. The average molecular weight is 600 g/mol. The Balaban J connectivity index is 1.45. The molecular weight excluding hydrogens is 563 g/mol. The Morgan fingerprint density at radius 3 is 2.49 bits per heavy atom. The number of carbonyl (C=O) groups excluding carboxylic acids is 2. The van der Waals surface area contributed by atoms with Crippen LogP contribution in [0, 0.1) is 0 Å². The molecule has 5 N–H and O–H groups in total. The van der Waals surface area contributed by atoms with Crippen molar-refractivity contribution in [3.8, 4) is 11.3 Å². The van der Waals surface area contributed by atoms with Gasteiger partial charge in [-0.05, 0) is 55.0 Å². The molecular formula is C30H36F3N7O3. The summed E-state index contributed by atoms with van der Waals surface area (Å²) >= 11 is 0. The highest BCUT2D eigenvalue weighted by Gasteiger charge is 2.50. The molecule has 230 valence electrons. The molecule has 1 aromatic carbocycles. The van der Waals surface area contributed by atoms with E-state index < -0.39 is 24.4 Å². The number of benzene rings is 1. The Labute approximate surface area is 248 Å². The number of nitrogens with two attached hydrogens (primary N) is 1. The molecule has 0 spiro atoms. The van der Waals surface area contributed by atoms with E-state index in [4.69, 9.17) is 5.84 Å². The second-order valence-corrected chi connectivity index (χ2v) is 10.7. The first-order chi connectivity index (χ1) is 20.3. The van der Waals surface area contributed by atoms with E-state index in [0.717, 1.165) is 18.4 Å². The summed E-state index contributed by atoms with van der Waals surface area (Å²) in [4.78, 5) is 32.6. The van der Waals surface area contributed by atoms with E-state index in [0.29, 0.717) is 48.6 Å². The topological polar surface area (TPSA) is 129 Å². The molecule has 0 bridgehead atoms. The number of hydrogen-bond donors (Lipinski definition) is 4. The van der Waals surface area contributed by atoms with Crippen LogP contribution in [0.3, 0.4) is 0 Å². The van der Waals surface area contributed by atoms with Crippen LogP contribution in [0.1, 0.15) is 31.5 Å². The monoisotopic (exact) mass is 599 g/mol. The van der Waals surface area contributed by atoms with Gasteiger partial charge in [-0.1, -0.05) is 37.4 Å². The van der Waals surface area contributed by atoms with Crippen molar-refractivity contribution in [2.45, 2.75) is 43.5 Å². The average Bonchev–Trinajstić information content (AvgIpc) is 3.63. The number of urea groups is 1. The molecule has 3 amide bonds. The third kappa shape index (κ3) is 7.86. The predicted octanol–water partition coefficient (Wildman–Crippen LogP) is 4.03. The lowest BCUT2D eigenvalue weighted by Gasteiger charge is -2.37. The Bertz CT molecular complexity index is 1430. The number of nitrogen functional groups attached to an aromatic ring is 1. The number of piperidine rings is 1. The van der Waals surface area contributed by atoms with E-state index in [1.54, 1.807) is 58.9 Å². The van der Waals surface area contributed by atoms with E-state index in [9.17, 15) is 27.9 Å². The molecule has 0 atom stereocenters. The van der Waals surface area contributed by atoms with Gasteiger partial charge in [0.1, 0.15) is 12.1 Å². The van der Waals surface area contributed by atoms with E-state index in [-0.39, 0.29) is 17.6 Å². The number of hydrogen-bond acceptors (Lipinski definition) is 6. The summed E-state index contributed by atoms with van der Waals surface area (Å²) in [5, 5.41) is 14.3. The molecule has 0 radical (unpaired) electrons. The molecule has 2 aliphatic rings. The number of aromatic nitrogens is 2. The third-order valence-electron chi connectivity index (χ3n) is 7.54. The van der Waals surface area contributed by atoms with Crippen molar-refractivity contribution in [2.75, 3.05) is 37.8 Å². The molecule has 4 rings (SSSR count). The summed E-state index contributed by atoms with van der Waals surface area (Å²) in [5.41, 5.74) is 1.72. The lowest BCUT2D eigenvalue weighted by atomic mass is 10.0. The summed E-state index contributed by atoms with van der Waals surface area (Å²) in [5.74, 6) is 6.60. The second-order valence-electron chi connectivity index (χ2n) is 10.7. The van der Waals surface area contributed by atoms with Crippen LogP contribution < -0.4 is 16.5 Å². The first-order valence-corrected chi connectivity index (χ1v) is 13.8. The minimum absolute atomic E-state index is 0.168. The van der Waals surface area contributed by atoms with Gasteiger partial charge in [0, 0.05) is 43.6 Å². The number of nitrogens with one attached hydrogen (secondary N) is 2. The highest BCUT2D eigenvalue weighted by Crippen LogP contribution is 2.37. The molecule has 2 fully saturated rings. The summed E-state index contributed by atoms with van der Waals surface area (Å²) in [6.45, 7) is 7.60. The number of allylic oxidation sites excluding steroid dienone is 4. The fraction of sp³-hybridized carbons (Fsp3) is 0.367. The van der Waals surface area contributed by atoms with E-state index in [1.165, 1.54) is 4.68 Å². The van der Waals surface area contributed by atoms with Crippen LogP contribution >= 0.6 is 0 Å². The van der Waals surface area contributed by atoms with E-state index in [2.05, 4.69) is 28.4 Å². The number of likely N-dealkylation sites (tertiary alicyclic amines) is 1. The predicted molar refractivity (Wildman–Crippen MR) is 159 cm³/mol. The second kappa shape index (κ2) is 12.8. The Hall–Kier alpha value is -4.52. The zero-order chi connectivity index (χ0) is 31.4. The van der Waals surface area contributed by atoms with Crippen LogP contribution in [0.2, 0.25) is 0 Å². The van der Waals surface area contributed by atoms with Gasteiger partial charge in [-0.25, -0.2) is 14.5 Å². The van der Waals surface area contributed by atoms with Crippen LogP contribution in [0.4, 0.5) is 23.7 Å². The Kier molecular flexibility index (Phi) is 9.34. The minimum atomic E-state index is -4.52. The number of rotatable bonds is 10. The number of anilines is 1. The summed E-state index contributed by atoms with van der Waals surface area (Å²) < 4.78 is 38.5. The molecule has 1 aromatic heterocycles. The van der Waals surface area contributed by atoms with E-state index >= 15 is 0 Å². The highest BCUT2D eigenvalue weighted by atomic mass is 19.4. The van der Waals surface area contributed by atoms with Gasteiger partial charge in [-0.3, -0.25) is 4.79 Å². The molecule has 1 saturated carbocycles. The molecule has 1 aliphatic heterocycles. The minimum Gasteiger partial charge on any atom is -0.380 e. The van der Waals surface area contributed by atoms with Crippen molar-refractivity contribution in [3.63, 3.8) is 0 Å². The molecule has 2 heterocycles. The molecule has 10 nitrogen and oxygen atoms in total. The molecule has 43 heavy (non-hydrogen) atoms. The van der Waals surface area contributed by atoms with Gasteiger partial charge in [-0.2, -0.15) is 13.2 Å². The fourth-order valence-corrected chi connectivity index (χ4v) is 4.88. The van der Waals surface area contributed by atoms with Crippen molar-refractivity contribution in [1.82, 2.24) is 24.8 Å². The van der Waals surface area contributed by atoms with Crippen LogP contribution in [0.15, 0.2) is 73.1 Å². The maximum absolute atomic E-state index is 12.5. The standard InChI is InChI=1S/C30H36F3N7O3/c1-4-20(21(5-2)18-38(3)24-9-13-39(14-10-24)27(41)29(43)11-12-29)16-26-35-17-25(40(26)34)22-7-6-8-23(15-22)37-28(42)36-19-30(31,32)33/h4-8,15-18,24,43H,1-2,9-14,19,34H2,3H3,(H2,36,37,42)/b20-16+,21-18+. The number of imidazole rings is 1. The molecule has 13 heteroatoms. The summed E-state index contributed by atoms with van der Waals surface area (Å²) in [6, 6.07) is 5.69. The normalized spacial score (nSPS) is 17.3. The SMILES string of the molecule is C=CC(=C\c1ncc(-c2cccc(NC(=O)NCC(F)(F)F)c2)n1N)/C(C=C)=C/N(C)C1CCN(C(=O)C2(O)CC2)CC1. The first-order valence-electron chi connectivity index (χ1n) is 13.8. The highest BCUT2D eigenvalue weighted by molar-refractivity contribution is 5.90. The van der Waals surface area contributed by atoms with Crippen LogP contribution in [0.5, 0.6) is 0 Å². The number of aliphatic hydroxyl groups is 1. The third-order valence-corrected chi connectivity index (χ3v) is 7.54. The lowest BCUT2D eigenvalue weighted by Crippen LogP contribution is -2.48. The van der Waals surface area contributed by atoms with Gasteiger partial charge in [-0.15, -0.1) is 0 Å². The molecule has 0 unspecified atom stereocenters. The van der Waals surface area contributed by atoms with Crippen LogP contribution in [0.25, 0.3) is 17.3 Å². The maximum Gasteiger partial charge on any atom is 0.405 e. The van der Waals surface area contributed by atoms with Gasteiger partial charge >= 0.3 is 12.2 Å². The van der Waals surface area contributed by atoms with Crippen molar-refractivity contribution in [3.05, 3.63) is 78.9 Å². The van der Waals surface area contributed by atoms with Gasteiger partial charge in [0.15, 0.2) is 5.82 Å². The lowest BCUT2D eigenvalue weighted by molar-refractivity contribution is -0.143. The van der Waals surface area contributed by atoms with Crippen molar-refractivity contribution >= 4 is 23.7 Å². The van der Waals surface area contributed by atoms with Gasteiger partial charge in [0.05, 0.1) is 11.9 Å². The van der Waals surface area contributed by atoms with E-state index in [1.807, 2.05) is 13.2 Å². The van der Waals surface area contributed by atoms with Crippen LogP contribution in [-0.2, 0) is 4.79 Å². The Morgan fingerprint density at radius 1 is 1.21 bits per heavy atom. The molecule has 1 saturated heterocycles. The van der Waals surface area contributed by atoms with Crippen LogP contribution in [-0.4, -0.2) is 81.0 Å². The number of halogens is 3. The van der Waals surface area contributed by atoms with Crippen molar-refractivity contribution < 1.29 is 27.9 Å². The van der Waals surface area contributed by atoms with Gasteiger partial charge in [0.25, 0.3) is 5.91 Å². The number of alkyl halides is 3. The van der Waals surface area contributed by atoms with Gasteiger partial charge in [0.2, 0.25) is 0 Å². The molecule has 1 aliphatic carbocycles. The summed E-state index contributed by atoms with van der Waals surface area (Å²) in [6.07, 6.45) is 6.71. The Morgan fingerprint density at radius 2 is 1.88 bits per heavy atom. The number of carbonyl (C=O) groups is 2. The maximum atomic E-state index is 12.5. The fourth-order valence-electron chi connectivity index (χ4n) is 4.88. The van der Waals surface area contributed by atoms with Gasteiger partial charge < -0.3 is 31.4 Å². The molecule has 2 aromatic rings. The van der Waals surface area contributed by atoms with Crippen molar-refractivity contribution in [1.29, 1.82) is 0 Å². The quantitative estimate of drug-likeness (QED) is 0.241. The largest absolute Gasteiger partial charge is 0.405 e. The first kappa shape index (κ1) is 31.4.